The second-order valence-electron chi connectivity index (χ2n) is 3.86. The van der Waals surface area contributed by atoms with Crippen molar-refractivity contribution in [3.8, 4) is 0 Å². The van der Waals surface area contributed by atoms with Crippen LogP contribution in [-0.2, 0) is 0 Å². The van der Waals surface area contributed by atoms with Crippen molar-refractivity contribution in [2.45, 2.75) is 40.2 Å². The Morgan fingerprint density at radius 1 is 1.31 bits per heavy atom. The molecule has 0 saturated heterocycles. The summed E-state index contributed by atoms with van der Waals surface area (Å²) in [4.78, 5) is 0. The Bertz CT molecular complexity index is 261. The smallest absolute Gasteiger partial charge is 0.225 e. The van der Waals surface area contributed by atoms with Gasteiger partial charge in [-0.05, 0) is 37.8 Å². The van der Waals surface area contributed by atoms with Gasteiger partial charge in [0.15, 0.2) is 0 Å². The Balaban J connectivity index is 2.81. The van der Waals surface area contributed by atoms with Gasteiger partial charge in [0.1, 0.15) is 5.82 Å². The third-order valence-electron chi connectivity index (χ3n) is 2.08. The highest BCUT2D eigenvalue weighted by atomic mass is 35.5. The molecule has 1 aromatic rings. The zero-order chi connectivity index (χ0) is 10.0. The molecule has 0 radical (unpaired) electrons. The summed E-state index contributed by atoms with van der Waals surface area (Å²) in [6.45, 7) is 8.46. The molecule has 1 unspecified atom stereocenters. The average Bonchev–Trinajstić information content (AvgIpc) is 2.29. The van der Waals surface area contributed by atoms with Crippen LogP contribution >= 0.6 is 11.6 Å². The molecule has 0 bridgehead atoms. The van der Waals surface area contributed by atoms with Crippen molar-refractivity contribution in [1.29, 1.82) is 0 Å². The second kappa shape index (κ2) is 4.09. The highest BCUT2D eigenvalue weighted by Gasteiger charge is 2.13. The fourth-order valence-corrected chi connectivity index (χ4v) is 1.96. The van der Waals surface area contributed by atoms with Gasteiger partial charge >= 0.3 is 0 Å². The van der Waals surface area contributed by atoms with Crippen LogP contribution in [-0.4, -0.2) is 14.8 Å². The number of hydrogen-bond donors (Lipinski definition) is 0. The van der Waals surface area contributed by atoms with Crippen LogP contribution in [0, 0.1) is 12.8 Å². The molecule has 74 valence electrons. The molecule has 0 spiro atoms. The van der Waals surface area contributed by atoms with Gasteiger partial charge in [-0.1, -0.05) is 13.8 Å². The molecule has 4 heteroatoms. The Hall–Kier alpha value is -0.570. The first kappa shape index (κ1) is 10.5. The van der Waals surface area contributed by atoms with Crippen molar-refractivity contribution >= 4 is 11.6 Å². The normalized spacial score (nSPS) is 13.7. The summed E-state index contributed by atoms with van der Waals surface area (Å²) < 4.78 is 1.97. The van der Waals surface area contributed by atoms with Crippen molar-refractivity contribution in [2.24, 2.45) is 5.92 Å². The van der Waals surface area contributed by atoms with Crippen LogP contribution in [0.4, 0.5) is 0 Å². The topological polar surface area (TPSA) is 30.7 Å². The molecule has 0 aliphatic carbocycles. The quantitative estimate of drug-likeness (QED) is 0.753. The van der Waals surface area contributed by atoms with Crippen LogP contribution in [0.1, 0.15) is 39.1 Å². The van der Waals surface area contributed by atoms with E-state index >= 15 is 0 Å². The van der Waals surface area contributed by atoms with Gasteiger partial charge in [-0.3, -0.25) is 4.57 Å². The Morgan fingerprint density at radius 2 is 1.92 bits per heavy atom. The fraction of sp³-hybridized carbons (Fsp3) is 0.778. The van der Waals surface area contributed by atoms with Crippen molar-refractivity contribution in [3.05, 3.63) is 11.1 Å². The van der Waals surface area contributed by atoms with Crippen LogP contribution in [0.25, 0.3) is 0 Å². The zero-order valence-electron chi connectivity index (χ0n) is 8.58. The molecule has 1 atom stereocenters. The fourth-order valence-electron chi connectivity index (χ4n) is 1.63. The van der Waals surface area contributed by atoms with E-state index in [0.717, 1.165) is 12.2 Å². The number of halogens is 1. The summed E-state index contributed by atoms with van der Waals surface area (Å²) >= 11 is 5.91. The summed E-state index contributed by atoms with van der Waals surface area (Å²) in [5.41, 5.74) is 0. The van der Waals surface area contributed by atoms with Crippen LogP contribution in [0.5, 0.6) is 0 Å². The number of nitrogens with zero attached hydrogens (tertiary/aromatic N) is 3. The van der Waals surface area contributed by atoms with Crippen molar-refractivity contribution in [1.82, 2.24) is 14.8 Å². The molecule has 1 rings (SSSR count). The Labute approximate surface area is 84.1 Å². The lowest BCUT2D eigenvalue weighted by molar-refractivity contribution is 0.421. The highest BCUT2D eigenvalue weighted by molar-refractivity contribution is 6.28. The van der Waals surface area contributed by atoms with Gasteiger partial charge < -0.3 is 0 Å². The minimum Gasteiger partial charge on any atom is -0.299 e. The first-order chi connectivity index (χ1) is 6.02. The van der Waals surface area contributed by atoms with Gasteiger partial charge in [-0.15, -0.1) is 10.2 Å². The summed E-state index contributed by atoms with van der Waals surface area (Å²) in [6, 6.07) is 0.377. The average molecular weight is 202 g/mol. The minimum absolute atomic E-state index is 0.377. The maximum atomic E-state index is 5.91. The van der Waals surface area contributed by atoms with Crippen molar-refractivity contribution in [2.75, 3.05) is 0 Å². The summed E-state index contributed by atoms with van der Waals surface area (Å²) in [5, 5.41) is 8.24. The molecule has 1 aromatic heterocycles. The molecule has 0 aliphatic heterocycles. The first-order valence-electron chi connectivity index (χ1n) is 4.59. The standard InChI is InChI=1S/C9H16ClN3/c1-6(2)5-7(3)13-8(4)11-12-9(13)10/h6-7H,5H2,1-4H3. The van der Waals surface area contributed by atoms with Crippen molar-refractivity contribution < 1.29 is 0 Å². The molecule has 0 fully saturated rings. The number of aromatic nitrogens is 3. The Kier molecular flexibility index (Phi) is 3.31. The SMILES string of the molecule is Cc1nnc(Cl)n1C(C)CC(C)C. The minimum atomic E-state index is 0.377. The number of aryl methyl sites for hydroxylation is 1. The lowest BCUT2D eigenvalue weighted by atomic mass is 10.1. The lowest BCUT2D eigenvalue weighted by Crippen LogP contribution is -2.09. The van der Waals surface area contributed by atoms with E-state index in [2.05, 4.69) is 31.0 Å². The predicted molar refractivity (Wildman–Crippen MR) is 53.9 cm³/mol. The molecular weight excluding hydrogens is 186 g/mol. The third kappa shape index (κ3) is 2.44. The molecule has 0 saturated carbocycles. The predicted octanol–water partition coefficient (Wildman–Crippen LogP) is 2.85. The molecular formula is C9H16ClN3. The van der Waals surface area contributed by atoms with E-state index in [0.29, 0.717) is 17.2 Å². The van der Waals surface area contributed by atoms with Crippen LogP contribution < -0.4 is 0 Å². The van der Waals surface area contributed by atoms with E-state index < -0.39 is 0 Å². The van der Waals surface area contributed by atoms with Crippen LogP contribution in [0.3, 0.4) is 0 Å². The number of rotatable bonds is 3. The van der Waals surface area contributed by atoms with E-state index in [-0.39, 0.29) is 0 Å². The van der Waals surface area contributed by atoms with Gasteiger partial charge in [-0.2, -0.15) is 0 Å². The van der Waals surface area contributed by atoms with Gasteiger partial charge in [0.2, 0.25) is 5.28 Å². The van der Waals surface area contributed by atoms with Crippen LogP contribution in [0.15, 0.2) is 0 Å². The summed E-state index contributed by atoms with van der Waals surface area (Å²) in [6.07, 6.45) is 1.10. The van der Waals surface area contributed by atoms with E-state index in [4.69, 9.17) is 11.6 Å². The molecule has 0 amide bonds. The highest BCUT2D eigenvalue weighted by Crippen LogP contribution is 2.21. The number of hydrogen-bond acceptors (Lipinski definition) is 2. The monoisotopic (exact) mass is 201 g/mol. The molecule has 1 heterocycles. The van der Waals surface area contributed by atoms with E-state index in [9.17, 15) is 0 Å². The van der Waals surface area contributed by atoms with Gasteiger partial charge in [0.05, 0.1) is 0 Å². The van der Waals surface area contributed by atoms with E-state index in [1.54, 1.807) is 0 Å². The molecule has 0 N–H and O–H groups in total. The summed E-state index contributed by atoms with van der Waals surface area (Å²) in [7, 11) is 0. The molecule has 0 aliphatic rings. The van der Waals surface area contributed by atoms with E-state index in [1.807, 2.05) is 11.5 Å². The Morgan fingerprint density at radius 3 is 2.31 bits per heavy atom. The van der Waals surface area contributed by atoms with Gasteiger partial charge in [-0.25, -0.2) is 0 Å². The molecule has 13 heavy (non-hydrogen) atoms. The lowest BCUT2D eigenvalue weighted by Gasteiger charge is -2.16. The second-order valence-corrected chi connectivity index (χ2v) is 4.20. The summed E-state index contributed by atoms with van der Waals surface area (Å²) in [5.74, 6) is 1.55. The maximum Gasteiger partial charge on any atom is 0.225 e. The first-order valence-corrected chi connectivity index (χ1v) is 4.97. The molecule has 0 aromatic carbocycles. The third-order valence-corrected chi connectivity index (χ3v) is 2.34. The van der Waals surface area contributed by atoms with E-state index in [1.165, 1.54) is 0 Å². The van der Waals surface area contributed by atoms with Crippen molar-refractivity contribution in [3.63, 3.8) is 0 Å². The zero-order valence-corrected chi connectivity index (χ0v) is 9.34. The van der Waals surface area contributed by atoms with Crippen LogP contribution in [0.2, 0.25) is 5.28 Å². The van der Waals surface area contributed by atoms with Gasteiger partial charge in [0.25, 0.3) is 0 Å². The maximum absolute atomic E-state index is 5.91. The molecule has 3 nitrogen and oxygen atoms in total. The largest absolute Gasteiger partial charge is 0.299 e. The van der Waals surface area contributed by atoms with Gasteiger partial charge in [0, 0.05) is 6.04 Å².